The summed E-state index contributed by atoms with van der Waals surface area (Å²) < 4.78 is 13.6. The summed E-state index contributed by atoms with van der Waals surface area (Å²) >= 11 is 0. The molecule has 3 rings (SSSR count). The number of likely N-dealkylation sites (tertiary alicyclic amines) is 1. The molecule has 0 radical (unpaired) electrons. The number of rotatable bonds is 6. The van der Waals surface area contributed by atoms with Crippen LogP contribution in [0.5, 0.6) is 0 Å². The molecule has 9 heteroatoms. The molecule has 0 saturated carbocycles. The van der Waals surface area contributed by atoms with Gasteiger partial charge in [0.2, 0.25) is 5.91 Å². The van der Waals surface area contributed by atoms with Crippen molar-refractivity contribution < 1.29 is 18.8 Å². The van der Waals surface area contributed by atoms with E-state index >= 15 is 0 Å². The van der Waals surface area contributed by atoms with E-state index < -0.39 is 11.8 Å². The van der Waals surface area contributed by atoms with Crippen LogP contribution in [0.1, 0.15) is 12.8 Å². The lowest BCUT2D eigenvalue weighted by molar-refractivity contribution is -0.126. The van der Waals surface area contributed by atoms with Gasteiger partial charge in [0.15, 0.2) is 0 Å². The maximum atomic E-state index is 13.6. The second-order valence-electron chi connectivity index (χ2n) is 7.39. The van der Waals surface area contributed by atoms with Crippen molar-refractivity contribution in [3.63, 3.8) is 0 Å². The summed E-state index contributed by atoms with van der Waals surface area (Å²) in [6.07, 6.45) is 3.11. The summed E-state index contributed by atoms with van der Waals surface area (Å²) in [7, 11) is 0. The molecule has 4 N–H and O–H groups in total. The number of amides is 5. The van der Waals surface area contributed by atoms with E-state index in [1.807, 2.05) is 0 Å². The van der Waals surface area contributed by atoms with Crippen LogP contribution in [0.15, 0.2) is 61.2 Å². The molecule has 0 aliphatic carbocycles. The van der Waals surface area contributed by atoms with Crippen LogP contribution in [0.3, 0.4) is 0 Å². The standard InChI is InChI=1S/C23H26FN5O3/c1-2-13-25-21(30)16-6-5-14-29(15-16)23(32)27-18-11-9-17(10-12-18)26-22(31)28-20-8-4-3-7-19(20)24/h2-4,7-12,16H,1,5-6,13-15H2,(H,25,30)(H,27,32)(H2,26,28,31)/t16-/m0/s1. The minimum Gasteiger partial charge on any atom is -0.352 e. The fourth-order valence-corrected chi connectivity index (χ4v) is 3.38. The Morgan fingerprint density at radius 1 is 1.03 bits per heavy atom. The zero-order valence-corrected chi connectivity index (χ0v) is 17.6. The first-order valence-electron chi connectivity index (χ1n) is 10.3. The molecule has 0 aromatic heterocycles. The number of hydrogen-bond donors (Lipinski definition) is 4. The molecule has 1 aliphatic heterocycles. The largest absolute Gasteiger partial charge is 0.352 e. The van der Waals surface area contributed by atoms with Gasteiger partial charge in [-0.2, -0.15) is 0 Å². The van der Waals surface area contributed by atoms with Crippen LogP contribution >= 0.6 is 0 Å². The highest BCUT2D eigenvalue weighted by atomic mass is 19.1. The zero-order valence-electron chi connectivity index (χ0n) is 17.6. The number of carbonyl (C=O) groups is 3. The van der Waals surface area contributed by atoms with Crippen molar-refractivity contribution in [3.05, 3.63) is 67.0 Å². The Balaban J connectivity index is 1.51. The highest BCUT2D eigenvalue weighted by Crippen LogP contribution is 2.19. The Hall–Kier alpha value is -3.88. The van der Waals surface area contributed by atoms with Gasteiger partial charge in [0.1, 0.15) is 5.82 Å². The van der Waals surface area contributed by atoms with Crippen molar-refractivity contribution in [3.8, 4) is 0 Å². The predicted octanol–water partition coefficient (Wildman–Crippen LogP) is 4.02. The van der Waals surface area contributed by atoms with Crippen molar-refractivity contribution in [1.82, 2.24) is 10.2 Å². The van der Waals surface area contributed by atoms with Crippen molar-refractivity contribution >= 4 is 35.0 Å². The Morgan fingerprint density at radius 3 is 2.41 bits per heavy atom. The topological polar surface area (TPSA) is 103 Å². The van der Waals surface area contributed by atoms with Crippen LogP contribution in [-0.2, 0) is 4.79 Å². The van der Waals surface area contributed by atoms with E-state index in [0.717, 1.165) is 12.8 Å². The summed E-state index contributed by atoms with van der Waals surface area (Å²) in [5.74, 6) is -0.848. The lowest BCUT2D eigenvalue weighted by Gasteiger charge is -2.32. The van der Waals surface area contributed by atoms with Crippen molar-refractivity contribution in [2.45, 2.75) is 12.8 Å². The molecule has 5 amide bonds. The molecular weight excluding hydrogens is 413 g/mol. The number of benzene rings is 2. The van der Waals surface area contributed by atoms with Gasteiger partial charge < -0.3 is 26.2 Å². The number of nitrogens with zero attached hydrogens (tertiary/aromatic N) is 1. The van der Waals surface area contributed by atoms with Crippen LogP contribution < -0.4 is 21.3 Å². The second kappa shape index (κ2) is 10.9. The van der Waals surface area contributed by atoms with E-state index in [4.69, 9.17) is 0 Å². The molecule has 8 nitrogen and oxygen atoms in total. The van der Waals surface area contributed by atoms with Gasteiger partial charge in [-0.1, -0.05) is 18.2 Å². The van der Waals surface area contributed by atoms with E-state index in [1.165, 1.54) is 18.2 Å². The van der Waals surface area contributed by atoms with Gasteiger partial charge in [-0.3, -0.25) is 4.79 Å². The quantitative estimate of drug-likeness (QED) is 0.511. The Kier molecular flexibility index (Phi) is 7.80. The SMILES string of the molecule is C=CCNC(=O)[C@H]1CCCN(C(=O)Nc2ccc(NC(=O)Nc3ccccc3F)cc2)C1. The van der Waals surface area contributed by atoms with Gasteiger partial charge in [-0.05, 0) is 49.2 Å². The molecule has 1 heterocycles. The molecular formula is C23H26FN5O3. The monoisotopic (exact) mass is 439 g/mol. The van der Waals surface area contributed by atoms with E-state index in [1.54, 1.807) is 41.3 Å². The fourth-order valence-electron chi connectivity index (χ4n) is 3.38. The average Bonchev–Trinajstić information content (AvgIpc) is 2.80. The predicted molar refractivity (Wildman–Crippen MR) is 122 cm³/mol. The molecule has 32 heavy (non-hydrogen) atoms. The smallest absolute Gasteiger partial charge is 0.323 e. The molecule has 2 aromatic rings. The number of para-hydroxylation sites is 1. The third-order valence-corrected chi connectivity index (χ3v) is 5.02. The summed E-state index contributed by atoms with van der Waals surface area (Å²) in [5.41, 5.74) is 1.11. The number of carbonyl (C=O) groups excluding carboxylic acids is 3. The molecule has 0 bridgehead atoms. The normalized spacial score (nSPS) is 15.4. The van der Waals surface area contributed by atoms with E-state index in [9.17, 15) is 18.8 Å². The van der Waals surface area contributed by atoms with Gasteiger partial charge in [-0.25, -0.2) is 14.0 Å². The number of halogens is 1. The molecule has 168 valence electrons. The zero-order chi connectivity index (χ0) is 22.9. The van der Waals surface area contributed by atoms with Crippen molar-refractivity contribution in [2.24, 2.45) is 5.92 Å². The van der Waals surface area contributed by atoms with E-state index in [0.29, 0.717) is 31.0 Å². The minimum absolute atomic E-state index is 0.0758. The first-order chi connectivity index (χ1) is 15.5. The average molecular weight is 439 g/mol. The number of hydrogen-bond acceptors (Lipinski definition) is 3. The van der Waals surface area contributed by atoms with Gasteiger partial charge in [0, 0.05) is 31.0 Å². The van der Waals surface area contributed by atoms with Gasteiger partial charge in [0.25, 0.3) is 0 Å². The van der Waals surface area contributed by atoms with Crippen LogP contribution in [-0.4, -0.2) is 42.5 Å². The Morgan fingerprint density at radius 2 is 1.72 bits per heavy atom. The summed E-state index contributed by atoms with van der Waals surface area (Å²) in [5, 5.41) is 10.6. The van der Waals surface area contributed by atoms with Gasteiger partial charge in [-0.15, -0.1) is 6.58 Å². The van der Waals surface area contributed by atoms with Crippen LogP contribution in [0.25, 0.3) is 0 Å². The summed E-state index contributed by atoms with van der Waals surface area (Å²) in [6, 6.07) is 11.5. The van der Waals surface area contributed by atoms with Gasteiger partial charge in [0.05, 0.1) is 11.6 Å². The van der Waals surface area contributed by atoms with Gasteiger partial charge >= 0.3 is 12.1 Å². The first-order valence-corrected chi connectivity index (χ1v) is 10.3. The third kappa shape index (κ3) is 6.31. The lowest BCUT2D eigenvalue weighted by atomic mass is 9.97. The van der Waals surface area contributed by atoms with Crippen LogP contribution in [0, 0.1) is 11.7 Å². The highest BCUT2D eigenvalue weighted by molar-refractivity contribution is 6.00. The number of urea groups is 2. The Bertz CT molecular complexity index is 980. The highest BCUT2D eigenvalue weighted by Gasteiger charge is 2.28. The molecule has 0 unspecified atom stereocenters. The maximum absolute atomic E-state index is 13.6. The van der Waals surface area contributed by atoms with Crippen LogP contribution in [0.2, 0.25) is 0 Å². The van der Waals surface area contributed by atoms with Crippen molar-refractivity contribution in [1.29, 1.82) is 0 Å². The molecule has 1 fully saturated rings. The first kappa shape index (κ1) is 22.8. The van der Waals surface area contributed by atoms with Crippen LogP contribution in [0.4, 0.5) is 31.0 Å². The molecule has 0 spiro atoms. The number of piperidine rings is 1. The minimum atomic E-state index is -0.582. The fraction of sp³-hybridized carbons (Fsp3) is 0.261. The van der Waals surface area contributed by atoms with E-state index in [-0.39, 0.29) is 23.5 Å². The molecule has 2 aromatic carbocycles. The van der Waals surface area contributed by atoms with E-state index in [2.05, 4.69) is 27.8 Å². The molecule has 1 aliphatic rings. The summed E-state index contributed by atoms with van der Waals surface area (Å²) in [6.45, 7) is 4.91. The molecule has 1 atom stereocenters. The Labute approximate surface area is 185 Å². The second-order valence-corrected chi connectivity index (χ2v) is 7.39. The molecule has 1 saturated heterocycles. The summed E-state index contributed by atoms with van der Waals surface area (Å²) in [4.78, 5) is 38.4. The lowest BCUT2D eigenvalue weighted by Crippen LogP contribution is -2.46. The maximum Gasteiger partial charge on any atom is 0.323 e. The third-order valence-electron chi connectivity index (χ3n) is 5.02. The number of anilines is 3. The van der Waals surface area contributed by atoms with Crippen molar-refractivity contribution in [2.75, 3.05) is 35.6 Å². The number of nitrogens with one attached hydrogen (secondary N) is 4.